The van der Waals surface area contributed by atoms with Gasteiger partial charge in [0, 0.05) is 39.0 Å². The molecule has 0 aromatic carbocycles. The van der Waals surface area contributed by atoms with Gasteiger partial charge in [-0.3, -0.25) is 9.59 Å². The van der Waals surface area contributed by atoms with Gasteiger partial charge in [0.05, 0.1) is 24.0 Å². The average Bonchev–Trinajstić information content (AvgIpc) is 3.34. The Morgan fingerprint density at radius 3 is 2.56 bits per heavy atom. The molecule has 3 aliphatic heterocycles. The van der Waals surface area contributed by atoms with Gasteiger partial charge < -0.3 is 19.3 Å². The molecular weight excluding hydrogens is 340 g/mol. The molecule has 1 unspecified atom stereocenters. The maximum atomic E-state index is 12.9. The summed E-state index contributed by atoms with van der Waals surface area (Å²) < 4.78 is 11.5. The van der Waals surface area contributed by atoms with Crippen molar-refractivity contribution in [1.29, 1.82) is 0 Å². The number of hydrogen-bond acceptors (Lipinski definition) is 5. The van der Waals surface area contributed by atoms with Crippen LogP contribution in [0.5, 0.6) is 0 Å². The van der Waals surface area contributed by atoms with Crippen molar-refractivity contribution in [3.8, 4) is 0 Å². The lowest BCUT2D eigenvalue weighted by atomic mass is 9.94. The Hall–Kier alpha value is -1.44. The van der Waals surface area contributed by atoms with Gasteiger partial charge in [-0.1, -0.05) is 6.07 Å². The first-order chi connectivity index (χ1) is 12.2. The van der Waals surface area contributed by atoms with Crippen LogP contribution < -0.4 is 0 Å². The molecule has 3 saturated heterocycles. The van der Waals surface area contributed by atoms with Crippen LogP contribution in [0, 0.1) is 5.92 Å². The van der Waals surface area contributed by atoms with E-state index < -0.39 is 5.79 Å². The molecule has 0 radical (unpaired) electrons. The maximum Gasteiger partial charge on any atom is 0.263 e. The monoisotopic (exact) mass is 364 g/mol. The minimum absolute atomic E-state index is 0.0536. The molecule has 25 heavy (non-hydrogen) atoms. The number of nitrogens with zero attached hydrogens (tertiary/aromatic N) is 2. The summed E-state index contributed by atoms with van der Waals surface area (Å²) in [5.74, 6) is -0.309. The largest absolute Gasteiger partial charge is 0.347 e. The van der Waals surface area contributed by atoms with Crippen molar-refractivity contribution in [3.63, 3.8) is 0 Å². The minimum atomic E-state index is -0.454. The van der Waals surface area contributed by atoms with Crippen molar-refractivity contribution >= 4 is 23.2 Å². The van der Waals surface area contributed by atoms with Gasteiger partial charge in [0.15, 0.2) is 5.79 Å². The Bertz CT molecular complexity index is 617. The average molecular weight is 364 g/mol. The van der Waals surface area contributed by atoms with E-state index in [1.165, 1.54) is 11.3 Å². The zero-order valence-electron chi connectivity index (χ0n) is 14.3. The standard InChI is InChI=1S/C18H24N2O4S/c21-16(19-8-5-18(6-9-19)23-10-11-24-18)14-3-1-7-20(13-14)17(22)15-4-2-12-25-15/h2,4,12,14H,1,3,5-11,13H2. The number of carbonyl (C=O) groups is 2. The predicted molar refractivity (Wildman–Crippen MR) is 93.4 cm³/mol. The second kappa shape index (κ2) is 7.05. The van der Waals surface area contributed by atoms with Crippen LogP contribution in [0.2, 0.25) is 0 Å². The number of ether oxygens (including phenoxy) is 2. The third kappa shape index (κ3) is 3.45. The van der Waals surface area contributed by atoms with E-state index in [4.69, 9.17) is 9.47 Å². The Balaban J connectivity index is 1.35. The molecule has 7 heteroatoms. The van der Waals surface area contributed by atoms with Crippen LogP contribution in [0.25, 0.3) is 0 Å². The van der Waals surface area contributed by atoms with E-state index in [9.17, 15) is 9.59 Å². The van der Waals surface area contributed by atoms with Crippen LogP contribution >= 0.6 is 11.3 Å². The van der Waals surface area contributed by atoms with Crippen molar-refractivity contribution in [3.05, 3.63) is 22.4 Å². The van der Waals surface area contributed by atoms with Gasteiger partial charge in [0.25, 0.3) is 5.91 Å². The lowest BCUT2D eigenvalue weighted by molar-refractivity contribution is -0.188. The Morgan fingerprint density at radius 1 is 1.12 bits per heavy atom. The highest BCUT2D eigenvalue weighted by atomic mass is 32.1. The van der Waals surface area contributed by atoms with Crippen molar-refractivity contribution < 1.29 is 19.1 Å². The summed E-state index contributed by atoms with van der Waals surface area (Å²) in [5.41, 5.74) is 0. The molecule has 1 spiro atoms. The molecule has 1 atom stereocenters. The van der Waals surface area contributed by atoms with Crippen molar-refractivity contribution in [2.45, 2.75) is 31.5 Å². The van der Waals surface area contributed by atoms with Gasteiger partial charge in [-0.2, -0.15) is 0 Å². The molecule has 4 heterocycles. The van der Waals surface area contributed by atoms with Crippen LogP contribution in [-0.2, 0) is 14.3 Å². The fourth-order valence-corrected chi connectivity index (χ4v) is 4.72. The fourth-order valence-electron chi connectivity index (χ4n) is 4.03. The molecule has 1 aromatic rings. The Kier molecular flexibility index (Phi) is 4.80. The molecule has 0 bridgehead atoms. The molecule has 0 aliphatic carbocycles. The van der Waals surface area contributed by atoms with Crippen LogP contribution in [-0.4, -0.2) is 66.8 Å². The molecular formula is C18H24N2O4S. The number of thiophene rings is 1. The summed E-state index contributed by atoms with van der Waals surface area (Å²) in [5, 5.41) is 1.91. The van der Waals surface area contributed by atoms with Crippen LogP contribution in [0.1, 0.15) is 35.4 Å². The van der Waals surface area contributed by atoms with E-state index in [0.29, 0.717) is 32.8 Å². The smallest absolute Gasteiger partial charge is 0.263 e. The summed E-state index contributed by atoms with van der Waals surface area (Å²) in [6.07, 6.45) is 3.23. The summed E-state index contributed by atoms with van der Waals surface area (Å²) in [7, 11) is 0. The molecule has 3 fully saturated rings. The van der Waals surface area contributed by atoms with Crippen LogP contribution in [0.15, 0.2) is 17.5 Å². The molecule has 2 amide bonds. The van der Waals surface area contributed by atoms with E-state index in [1.54, 1.807) is 0 Å². The summed E-state index contributed by atoms with van der Waals surface area (Å²) in [4.78, 5) is 30.0. The first kappa shape index (κ1) is 17.0. The van der Waals surface area contributed by atoms with Gasteiger partial charge in [-0.15, -0.1) is 11.3 Å². The fraction of sp³-hybridized carbons (Fsp3) is 0.667. The van der Waals surface area contributed by atoms with Crippen molar-refractivity contribution in [2.24, 2.45) is 5.92 Å². The van der Waals surface area contributed by atoms with E-state index >= 15 is 0 Å². The van der Waals surface area contributed by atoms with E-state index in [2.05, 4.69) is 0 Å². The zero-order chi connectivity index (χ0) is 17.3. The second-order valence-electron chi connectivity index (χ2n) is 7.00. The highest BCUT2D eigenvalue weighted by Gasteiger charge is 2.42. The second-order valence-corrected chi connectivity index (χ2v) is 7.95. The first-order valence-corrected chi connectivity index (χ1v) is 9.94. The predicted octanol–water partition coefficient (Wildman–Crippen LogP) is 1.97. The molecule has 0 saturated carbocycles. The highest BCUT2D eigenvalue weighted by molar-refractivity contribution is 7.12. The lowest BCUT2D eigenvalue weighted by Gasteiger charge is -2.40. The molecule has 0 N–H and O–H groups in total. The van der Waals surface area contributed by atoms with Gasteiger partial charge >= 0.3 is 0 Å². The first-order valence-electron chi connectivity index (χ1n) is 9.06. The van der Waals surface area contributed by atoms with Gasteiger partial charge in [0.1, 0.15) is 0 Å². The molecule has 1 aromatic heterocycles. The van der Waals surface area contributed by atoms with Gasteiger partial charge in [0.2, 0.25) is 5.91 Å². The Morgan fingerprint density at radius 2 is 1.88 bits per heavy atom. The van der Waals surface area contributed by atoms with Gasteiger partial charge in [-0.25, -0.2) is 0 Å². The molecule has 6 nitrogen and oxygen atoms in total. The van der Waals surface area contributed by atoms with Crippen LogP contribution in [0.3, 0.4) is 0 Å². The summed E-state index contributed by atoms with van der Waals surface area (Å²) >= 11 is 1.46. The number of likely N-dealkylation sites (tertiary alicyclic amines) is 2. The third-order valence-corrected chi connectivity index (χ3v) is 6.30. The van der Waals surface area contributed by atoms with Crippen molar-refractivity contribution in [2.75, 3.05) is 39.4 Å². The summed E-state index contributed by atoms with van der Waals surface area (Å²) in [6.45, 7) is 3.92. The van der Waals surface area contributed by atoms with E-state index in [0.717, 1.165) is 37.1 Å². The third-order valence-electron chi connectivity index (χ3n) is 5.44. The minimum Gasteiger partial charge on any atom is -0.347 e. The number of rotatable bonds is 2. The summed E-state index contributed by atoms with van der Waals surface area (Å²) in [6, 6.07) is 3.74. The Labute approximate surface area is 151 Å². The van der Waals surface area contributed by atoms with Crippen LogP contribution in [0.4, 0.5) is 0 Å². The molecule has 3 aliphatic rings. The van der Waals surface area contributed by atoms with Gasteiger partial charge in [-0.05, 0) is 24.3 Å². The normalized spacial score (nSPS) is 26.2. The number of amides is 2. The number of piperidine rings is 2. The molecule has 4 rings (SSSR count). The topological polar surface area (TPSA) is 59.1 Å². The number of hydrogen-bond donors (Lipinski definition) is 0. The maximum absolute atomic E-state index is 12.9. The zero-order valence-corrected chi connectivity index (χ0v) is 15.1. The molecule has 136 valence electrons. The quantitative estimate of drug-likeness (QED) is 0.805. The SMILES string of the molecule is O=C(c1cccs1)N1CCCC(C(=O)N2CCC3(CC2)OCCO3)C1. The van der Waals surface area contributed by atoms with Crippen molar-refractivity contribution in [1.82, 2.24) is 9.80 Å². The highest BCUT2D eigenvalue weighted by Crippen LogP contribution is 2.32. The van der Waals surface area contributed by atoms with E-state index in [-0.39, 0.29) is 17.7 Å². The van der Waals surface area contributed by atoms with E-state index in [1.807, 2.05) is 27.3 Å². The number of carbonyl (C=O) groups excluding carboxylic acids is 2. The lowest BCUT2D eigenvalue weighted by Crippen LogP contribution is -2.51.